The summed E-state index contributed by atoms with van der Waals surface area (Å²) in [4.78, 5) is 13.0. The van der Waals surface area contributed by atoms with Gasteiger partial charge in [-0.15, -0.1) is 23.1 Å². The predicted octanol–water partition coefficient (Wildman–Crippen LogP) is 7.25. The molecule has 4 aromatic rings. The van der Waals surface area contributed by atoms with Crippen LogP contribution < -0.4 is 4.74 Å². The maximum absolute atomic E-state index is 10.7. The zero-order valence-electron chi connectivity index (χ0n) is 16.6. The number of ether oxygens (including phenoxy) is 1. The number of thioether (sulfide) groups is 1. The van der Waals surface area contributed by atoms with Crippen molar-refractivity contribution in [1.29, 1.82) is 0 Å². The fourth-order valence-electron chi connectivity index (χ4n) is 3.14. The summed E-state index contributed by atoms with van der Waals surface area (Å²) in [5.74, 6) is 1.23. The van der Waals surface area contributed by atoms with Gasteiger partial charge >= 0.3 is 5.97 Å². The molecule has 2 aromatic carbocycles. The highest BCUT2D eigenvalue weighted by Gasteiger charge is 2.13. The quantitative estimate of drug-likeness (QED) is 0.251. The molecule has 0 fully saturated rings. The number of rotatable bonds is 8. The molecule has 0 unspecified atom stereocenters. The van der Waals surface area contributed by atoms with Crippen LogP contribution in [0, 0.1) is 6.92 Å². The molecule has 158 valence electrons. The number of hydrogen-bond acceptors (Lipinski definition) is 5. The molecule has 0 amide bonds. The number of aliphatic carboxylic acids is 1. The molecule has 4 rings (SSSR count). The Labute approximate surface area is 196 Å². The van der Waals surface area contributed by atoms with E-state index in [1.807, 2.05) is 43.3 Å². The molecule has 1 N–H and O–H groups in total. The molecule has 0 saturated heterocycles. The molecule has 0 radical (unpaired) electrons. The van der Waals surface area contributed by atoms with Gasteiger partial charge in [-0.3, -0.25) is 0 Å². The van der Waals surface area contributed by atoms with E-state index in [0.29, 0.717) is 5.75 Å². The zero-order chi connectivity index (χ0) is 21.8. The molecular formula is C24H19BrO4S2. The highest BCUT2D eigenvalue weighted by Crippen LogP contribution is 2.34. The van der Waals surface area contributed by atoms with Crippen LogP contribution >= 0.6 is 39.0 Å². The number of carbonyl (C=O) groups is 1. The standard InChI is InChI=1S/C24H19BrO4S2/c1-15-11-18(5-7-20(15)28-14-24(26)27)30-10-8-19(23-3-2-9-31-23)22-13-16-12-17(25)4-6-21(16)29-22/h2-9,11-13H,10,14H2,1H3,(H,26,27). The Bertz CT molecular complexity index is 1240. The van der Waals surface area contributed by atoms with Gasteiger partial charge in [-0.05, 0) is 66.4 Å². The van der Waals surface area contributed by atoms with Gasteiger partial charge in [0.1, 0.15) is 17.1 Å². The van der Waals surface area contributed by atoms with Crippen molar-refractivity contribution < 1.29 is 19.1 Å². The average molecular weight is 515 g/mol. The van der Waals surface area contributed by atoms with Crippen molar-refractivity contribution in [2.45, 2.75) is 11.8 Å². The summed E-state index contributed by atoms with van der Waals surface area (Å²) >= 11 is 6.91. The predicted molar refractivity (Wildman–Crippen MR) is 130 cm³/mol. The Morgan fingerprint density at radius 1 is 1.23 bits per heavy atom. The number of thiophene rings is 1. The summed E-state index contributed by atoms with van der Waals surface area (Å²) in [6.07, 6.45) is 2.19. The van der Waals surface area contributed by atoms with E-state index in [1.165, 1.54) is 0 Å². The van der Waals surface area contributed by atoms with E-state index in [2.05, 4.69) is 45.6 Å². The Balaban J connectivity index is 1.54. The normalized spacial score (nSPS) is 11.7. The van der Waals surface area contributed by atoms with E-state index >= 15 is 0 Å². The molecule has 0 saturated carbocycles. The second-order valence-electron chi connectivity index (χ2n) is 6.81. The van der Waals surface area contributed by atoms with Crippen molar-refractivity contribution in [3.63, 3.8) is 0 Å². The molecule has 0 bridgehead atoms. The van der Waals surface area contributed by atoms with Crippen molar-refractivity contribution in [3.05, 3.63) is 86.7 Å². The lowest BCUT2D eigenvalue weighted by Crippen LogP contribution is -2.09. The van der Waals surface area contributed by atoms with Crippen LogP contribution in [0.1, 0.15) is 16.2 Å². The van der Waals surface area contributed by atoms with Gasteiger partial charge in [-0.25, -0.2) is 4.79 Å². The lowest BCUT2D eigenvalue weighted by atomic mass is 10.1. The number of halogens is 1. The van der Waals surface area contributed by atoms with Crippen LogP contribution in [-0.4, -0.2) is 23.4 Å². The number of benzene rings is 2. The highest BCUT2D eigenvalue weighted by atomic mass is 79.9. The lowest BCUT2D eigenvalue weighted by molar-refractivity contribution is -0.139. The summed E-state index contributed by atoms with van der Waals surface area (Å²) in [7, 11) is 0. The Morgan fingerprint density at radius 3 is 2.84 bits per heavy atom. The Hall–Kier alpha value is -2.48. The van der Waals surface area contributed by atoms with E-state index < -0.39 is 5.97 Å². The first-order chi connectivity index (χ1) is 15.0. The molecule has 0 aliphatic heterocycles. The minimum absolute atomic E-state index is 0.339. The van der Waals surface area contributed by atoms with Crippen LogP contribution in [0.5, 0.6) is 5.75 Å². The first-order valence-electron chi connectivity index (χ1n) is 9.51. The summed E-state index contributed by atoms with van der Waals surface area (Å²) in [6.45, 7) is 1.58. The van der Waals surface area contributed by atoms with Crippen molar-refractivity contribution in [2.75, 3.05) is 12.4 Å². The van der Waals surface area contributed by atoms with Gasteiger partial charge in [0.15, 0.2) is 6.61 Å². The topological polar surface area (TPSA) is 59.7 Å². The molecule has 0 spiro atoms. The van der Waals surface area contributed by atoms with Gasteiger partial charge in [0.25, 0.3) is 0 Å². The fourth-order valence-corrected chi connectivity index (χ4v) is 5.15. The van der Waals surface area contributed by atoms with Crippen molar-refractivity contribution in [3.8, 4) is 5.75 Å². The average Bonchev–Trinajstić information content (AvgIpc) is 3.40. The number of aryl methyl sites for hydroxylation is 1. The van der Waals surface area contributed by atoms with Crippen LogP contribution in [0.2, 0.25) is 0 Å². The van der Waals surface area contributed by atoms with Crippen LogP contribution in [0.25, 0.3) is 16.5 Å². The number of hydrogen-bond donors (Lipinski definition) is 1. The number of fused-ring (bicyclic) bond motifs is 1. The summed E-state index contributed by atoms with van der Waals surface area (Å²) < 4.78 is 12.5. The Morgan fingerprint density at radius 2 is 2.10 bits per heavy atom. The first-order valence-corrected chi connectivity index (χ1v) is 12.2. The number of furan rings is 1. The fraction of sp³-hybridized carbons (Fsp3) is 0.125. The van der Waals surface area contributed by atoms with E-state index in [0.717, 1.165) is 47.9 Å². The monoisotopic (exact) mass is 514 g/mol. The molecule has 4 nitrogen and oxygen atoms in total. The minimum Gasteiger partial charge on any atom is -0.482 e. The molecule has 0 atom stereocenters. The molecule has 0 aliphatic carbocycles. The molecule has 0 aliphatic rings. The van der Waals surface area contributed by atoms with Crippen molar-refractivity contribution in [1.82, 2.24) is 0 Å². The third-order valence-electron chi connectivity index (χ3n) is 4.57. The minimum atomic E-state index is -0.984. The van der Waals surface area contributed by atoms with E-state index in [9.17, 15) is 4.79 Å². The van der Waals surface area contributed by atoms with Crippen LogP contribution in [-0.2, 0) is 4.79 Å². The first kappa shape index (κ1) is 21.7. The van der Waals surface area contributed by atoms with Crippen LogP contribution in [0.15, 0.2) is 79.8 Å². The zero-order valence-corrected chi connectivity index (χ0v) is 19.9. The van der Waals surface area contributed by atoms with Gasteiger partial charge in [-0.2, -0.15) is 0 Å². The lowest BCUT2D eigenvalue weighted by Gasteiger charge is -2.08. The van der Waals surface area contributed by atoms with E-state index in [4.69, 9.17) is 14.3 Å². The molecular weight excluding hydrogens is 496 g/mol. The number of carboxylic acid groups (broad SMARTS) is 1. The maximum Gasteiger partial charge on any atom is 0.341 e. The second-order valence-corrected chi connectivity index (χ2v) is 9.77. The smallest absolute Gasteiger partial charge is 0.341 e. The SMILES string of the molecule is Cc1cc(SCC=C(c2cc3cc(Br)ccc3o2)c2cccs2)ccc1OCC(=O)O. The van der Waals surface area contributed by atoms with Gasteiger partial charge in [0.2, 0.25) is 0 Å². The van der Waals surface area contributed by atoms with Gasteiger partial charge in [-0.1, -0.05) is 28.1 Å². The van der Waals surface area contributed by atoms with Crippen molar-refractivity contribution in [2.24, 2.45) is 0 Å². The molecule has 31 heavy (non-hydrogen) atoms. The van der Waals surface area contributed by atoms with Gasteiger partial charge < -0.3 is 14.3 Å². The third kappa shape index (κ3) is 5.42. The second kappa shape index (κ2) is 9.77. The number of carboxylic acids is 1. The van der Waals surface area contributed by atoms with E-state index in [1.54, 1.807) is 23.1 Å². The molecule has 2 heterocycles. The van der Waals surface area contributed by atoms with E-state index in [-0.39, 0.29) is 6.61 Å². The van der Waals surface area contributed by atoms with Crippen LogP contribution in [0.3, 0.4) is 0 Å². The van der Waals surface area contributed by atoms with Gasteiger partial charge in [0.05, 0.1) is 0 Å². The van der Waals surface area contributed by atoms with Crippen LogP contribution in [0.4, 0.5) is 0 Å². The third-order valence-corrected chi connectivity index (χ3v) is 6.88. The molecule has 7 heteroatoms. The summed E-state index contributed by atoms with van der Waals surface area (Å²) in [5, 5.41) is 11.9. The Kier molecular flexibility index (Phi) is 6.85. The largest absolute Gasteiger partial charge is 0.482 e. The molecule has 2 aromatic heterocycles. The van der Waals surface area contributed by atoms with Crippen molar-refractivity contribution >= 4 is 61.5 Å². The van der Waals surface area contributed by atoms with Gasteiger partial charge in [0, 0.05) is 31.0 Å². The highest BCUT2D eigenvalue weighted by molar-refractivity contribution is 9.10. The maximum atomic E-state index is 10.7. The summed E-state index contributed by atoms with van der Waals surface area (Å²) in [5.41, 5.74) is 2.85. The summed E-state index contributed by atoms with van der Waals surface area (Å²) in [6, 6.07) is 18.0.